The Morgan fingerprint density at radius 3 is 2.87 bits per heavy atom. The fourth-order valence-corrected chi connectivity index (χ4v) is 4.60. The van der Waals surface area contributed by atoms with Crippen LogP contribution in [0.25, 0.3) is 0 Å². The first-order valence-corrected chi connectivity index (χ1v) is 11.0. The molecule has 2 heterocycles. The maximum Gasteiger partial charge on any atom is 0.338 e. The van der Waals surface area contributed by atoms with Crippen molar-refractivity contribution in [2.24, 2.45) is 10.9 Å². The van der Waals surface area contributed by atoms with Gasteiger partial charge < -0.3 is 15.0 Å². The summed E-state index contributed by atoms with van der Waals surface area (Å²) in [5.74, 6) is -0.357. The normalized spacial score (nSPS) is 20.5. The minimum atomic E-state index is -0.607. The summed E-state index contributed by atoms with van der Waals surface area (Å²) in [6.45, 7) is 4.41. The fraction of sp³-hybridized carbons (Fsp3) is 0.409. The molecule has 1 aromatic rings. The van der Waals surface area contributed by atoms with Crippen LogP contribution in [0.2, 0.25) is 0 Å². The van der Waals surface area contributed by atoms with Gasteiger partial charge in [0.2, 0.25) is 5.91 Å². The van der Waals surface area contributed by atoms with Crippen LogP contribution in [0.1, 0.15) is 44.7 Å². The summed E-state index contributed by atoms with van der Waals surface area (Å²) in [5.41, 5.74) is 2.24. The molecule has 1 amide bonds. The average molecular weight is 430 g/mol. The number of amidine groups is 1. The Balaban J connectivity index is 1.66. The Hall–Kier alpha value is -2.61. The number of rotatable bonds is 7. The molecule has 1 aliphatic carbocycles. The van der Waals surface area contributed by atoms with Gasteiger partial charge in [-0.25, -0.2) is 14.2 Å². The molecule has 0 aromatic heterocycles. The molecule has 0 unspecified atom stereocenters. The van der Waals surface area contributed by atoms with Gasteiger partial charge in [-0.3, -0.25) is 4.79 Å². The van der Waals surface area contributed by atoms with Gasteiger partial charge >= 0.3 is 5.97 Å². The van der Waals surface area contributed by atoms with Gasteiger partial charge in [0.05, 0.1) is 30.3 Å². The van der Waals surface area contributed by atoms with E-state index < -0.39 is 17.8 Å². The summed E-state index contributed by atoms with van der Waals surface area (Å²) >= 11 is 1.40. The second-order valence-electron chi connectivity index (χ2n) is 7.59. The number of hydrogen-bond donors (Lipinski definition) is 1. The van der Waals surface area contributed by atoms with Crippen LogP contribution in [0.15, 0.2) is 51.6 Å². The number of ether oxygens (including phenoxy) is 1. The van der Waals surface area contributed by atoms with Crippen molar-refractivity contribution in [3.8, 4) is 0 Å². The van der Waals surface area contributed by atoms with Gasteiger partial charge in [-0.05, 0) is 55.7 Å². The quantitative estimate of drug-likeness (QED) is 0.666. The summed E-state index contributed by atoms with van der Waals surface area (Å²) in [7, 11) is 0. The van der Waals surface area contributed by atoms with E-state index >= 15 is 0 Å². The Kier molecular flexibility index (Phi) is 5.94. The summed E-state index contributed by atoms with van der Waals surface area (Å²) in [5, 5.41) is 5.52. The first kappa shape index (κ1) is 20.7. The molecule has 4 rings (SSSR count). The molecular weight excluding hydrogens is 405 g/mol. The summed E-state index contributed by atoms with van der Waals surface area (Å²) < 4.78 is 19.3. The summed E-state index contributed by atoms with van der Waals surface area (Å²) in [6, 6.07) is 5.56. The van der Waals surface area contributed by atoms with Crippen LogP contribution >= 0.6 is 11.8 Å². The summed E-state index contributed by atoms with van der Waals surface area (Å²) in [4.78, 5) is 31.7. The van der Waals surface area contributed by atoms with E-state index in [4.69, 9.17) is 4.74 Å². The van der Waals surface area contributed by atoms with Crippen molar-refractivity contribution >= 4 is 28.8 Å². The van der Waals surface area contributed by atoms with E-state index in [0.717, 1.165) is 18.5 Å². The first-order chi connectivity index (χ1) is 14.5. The predicted octanol–water partition coefficient (Wildman–Crippen LogP) is 3.88. The number of aliphatic imine (C=N–C) groups is 1. The highest BCUT2D eigenvalue weighted by Crippen LogP contribution is 2.44. The number of esters is 1. The molecule has 0 radical (unpaired) electrons. The van der Waals surface area contributed by atoms with Gasteiger partial charge in [-0.1, -0.05) is 23.9 Å². The van der Waals surface area contributed by atoms with Gasteiger partial charge in [0.1, 0.15) is 5.82 Å². The second kappa shape index (κ2) is 8.63. The highest BCUT2D eigenvalue weighted by Gasteiger charge is 2.41. The third kappa shape index (κ3) is 4.28. The molecule has 1 saturated carbocycles. The number of thioether (sulfide) groups is 1. The topological polar surface area (TPSA) is 71.0 Å². The lowest BCUT2D eigenvalue weighted by Gasteiger charge is -2.36. The third-order valence-corrected chi connectivity index (χ3v) is 6.18. The highest BCUT2D eigenvalue weighted by molar-refractivity contribution is 8.16. The van der Waals surface area contributed by atoms with Gasteiger partial charge in [0.25, 0.3) is 0 Å². The number of halogens is 1. The summed E-state index contributed by atoms with van der Waals surface area (Å²) in [6.07, 6.45) is 2.49. The van der Waals surface area contributed by atoms with Crippen LogP contribution < -0.4 is 5.32 Å². The van der Waals surface area contributed by atoms with Crippen molar-refractivity contribution in [2.75, 3.05) is 13.2 Å². The molecule has 6 nitrogen and oxygen atoms in total. The van der Waals surface area contributed by atoms with E-state index in [9.17, 15) is 14.0 Å². The van der Waals surface area contributed by atoms with E-state index in [1.165, 1.54) is 23.9 Å². The monoisotopic (exact) mass is 429 g/mol. The van der Waals surface area contributed by atoms with E-state index in [0.29, 0.717) is 34.5 Å². The van der Waals surface area contributed by atoms with Gasteiger partial charge in [-0.15, -0.1) is 0 Å². The second-order valence-corrected chi connectivity index (χ2v) is 8.43. The van der Waals surface area contributed by atoms with Crippen LogP contribution in [0.4, 0.5) is 4.39 Å². The van der Waals surface area contributed by atoms with Crippen LogP contribution in [-0.4, -0.2) is 35.1 Å². The van der Waals surface area contributed by atoms with E-state index in [1.807, 2.05) is 10.3 Å². The molecule has 0 bridgehead atoms. The lowest BCUT2D eigenvalue weighted by atomic mass is 9.93. The lowest BCUT2D eigenvalue weighted by molar-refractivity contribution is -0.139. The Morgan fingerprint density at radius 2 is 2.17 bits per heavy atom. The smallest absolute Gasteiger partial charge is 0.338 e. The number of carbonyl (C=O) groups is 2. The van der Waals surface area contributed by atoms with Crippen molar-refractivity contribution in [1.29, 1.82) is 0 Å². The predicted molar refractivity (Wildman–Crippen MR) is 114 cm³/mol. The van der Waals surface area contributed by atoms with Crippen LogP contribution in [0, 0.1) is 11.7 Å². The van der Waals surface area contributed by atoms with Gasteiger partial charge in [0, 0.05) is 12.2 Å². The maximum absolute atomic E-state index is 14.1. The average Bonchev–Trinajstić information content (AvgIpc) is 3.46. The molecule has 3 aliphatic rings. The maximum atomic E-state index is 14.1. The molecule has 0 saturated heterocycles. The Morgan fingerprint density at radius 1 is 1.37 bits per heavy atom. The zero-order valence-electron chi connectivity index (χ0n) is 17.0. The number of nitrogens with zero attached hydrogens (tertiary/aromatic N) is 2. The van der Waals surface area contributed by atoms with E-state index in [-0.39, 0.29) is 18.9 Å². The molecule has 2 aliphatic heterocycles. The standard InChI is InChI=1S/C22H24FN3O3S/c1-3-29-21(28)19-13(2)25-22-26(20(19)15-5-4-6-16(23)9-15)17(12-30-22)10-18(27)24-11-14-7-8-14/h4-6,9,12,14,20H,3,7-8,10-11H2,1-2H3,(H,24,27)/t20-/m1/s1. The van der Waals surface area contributed by atoms with Gasteiger partial charge in [0.15, 0.2) is 5.17 Å². The van der Waals surface area contributed by atoms with Crippen molar-refractivity contribution in [3.63, 3.8) is 0 Å². The number of fused-ring (bicyclic) bond motifs is 1. The van der Waals surface area contributed by atoms with Crippen molar-refractivity contribution in [3.05, 3.63) is 58.0 Å². The van der Waals surface area contributed by atoms with E-state index in [2.05, 4.69) is 10.3 Å². The van der Waals surface area contributed by atoms with Crippen molar-refractivity contribution < 1.29 is 18.7 Å². The molecule has 1 aromatic carbocycles. The SMILES string of the molecule is CCOC(=O)C1=C(C)N=C2SC=C(CC(=O)NCC3CC3)N2[C@@H]1c1cccc(F)c1. The molecule has 8 heteroatoms. The highest BCUT2D eigenvalue weighted by atomic mass is 32.2. The first-order valence-electron chi connectivity index (χ1n) is 10.1. The zero-order chi connectivity index (χ0) is 21.3. The van der Waals surface area contributed by atoms with Crippen LogP contribution in [0.5, 0.6) is 0 Å². The van der Waals surface area contributed by atoms with E-state index in [1.54, 1.807) is 26.0 Å². The molecule has 0 spiro atoms. The minimum absolute atomic E-state index is 0.0723. The lowest BCUT2D eigenvalue weighted by Crippen LogP contribution is -2.38. The van der Waals surface area contributed by atoms with Crippen LogP contribution in [0.3, 0.4) is 0 Å². The Labute approximate surface area is 179 Å². The molecule has 1 fully saturated rings. The molecule has 158 valence electrons. The Bertz CT molecular complexity index is 968. The number of amides is 1. The molecular formula is C22H24FN3O3S. The van der Waals surface area contributed by atoms with Crippen molar-refractivity contribution in [2.45, 2.75) is 39.2 Å². The number of carbonyl (C=O) groups excluding carboxylic acids is 2. The van der Waals surface area contributed by atoms with Gasteiger partial charge in [-0.2, -0.15) is 0 Å². The molecule has 1 atom stereocenters. The third-order valence-electron chi connectivity index (χ3n) is 5.29. The van der Waals surface area contributed by atoms with Crippen molar-refractivity contribution in [1.82, 2.24) is 10.2 Å². The number of allylic oxidation sites excluding steroid dienone is 1. The zero-order valence-corrected chi connectivity index (χ0v) is 17.8. The molecule has 30 heavy (non-hydrogen) atoms. The number of hydrogen-bond acceptors (Lipinski definition) is 6. The number of nitrogens with one attached hydrogen (secondary N) is 1. The largest absolute Gasteiger partial charge is 0.463 e. The fourth-order valence-electron chi connectivity index (χ4n) is 3.64. The minimum Gasteiger partial charge on any atom is -0.463 e. The van der Waals surface area contributed by atoms with Crippen LogP contribution in [-0.2, 0) is 14.3 Å². The number of benzene rings is 1. The molecule has 1 N–H and O–H groups in total.